The first-order valence-corrected chi connectivity index (χ1v) is 7.32. The van der Waals surface area contributed by atoms with Crippen molar-refractivity contribution in [2.75, 3.05) is 13.1 Å². The van der Waals surface area contributed by atoms with Gasteiger partial charge in [0, 0.05) is 36.6 Å². The molecule has 0 bridgehead atoms. The molecule has 0 radical (unpaired) electrons. The molecule has 2 atom stereocenters. The van der Waals surface area contributed by atoms with Crippen LogP contribution in [0.1, 0.15) is 25.0 Å². The fraction of sp³-hybridized carbons (Fsp3) is 0.375. The number of piperidine rings is 1. The van der Waals surface area contributed by atoms with E-state index < -0.39 is 6.09 Å². The minimum absolute atomic E-state index is 0.209. The highest BCUT2D eigenvalue weighted by Gasteiger charge is 2.31. The fourth-order valence-electron chi connectivity index (χ4n) is 3.16. The number of aromatic nitrogens is 2. The predicted octanol–water partition coefficient (Wildman–Crippen LogP) is 3.11. The van der Waals surface area contributed by atoms with Crippen molar-refractivity contribution in [1.29, 1.82) is 0 Å². The molecule has 0 unspecified atom stereocenters. The minimum Gasteiger partial charge on any atom is -0.465 e. The molecular weight excluding hydrogens is 285 g/mol. The summed E-state index contributed by atoms with van der Waals surface area (Å²) < 4.78 is 15.0. The van der Waals surface area contributed by atoms with Crippen molar-refractivity contribution in [3.8, 4) is 5.69 Å². The van der Waals surface area contributed by atoms with Crippen LogP contribution in [0.25, 0.3) is 5.69 Å². The number of nitrogens with zero attached hydrogens (tertiary/aromatic N) is 3. The van der Waals surface area contributed by atoms with E-state index in [0.717, 1.165) is 17.8 Å². The molecule has 1 aliphatic rings. The molecule has 5 nitrogen and oxygen atoms in total. The van der Waals surface area contributed by atoms with Crippen molar-refractivity contribution in [2.24, 2.45) is 5.92 Å². The van der Waals surface area contributed by atoms with Gasteiger partial charge in [0.2, 0.25) is 0 Å². The van der Waals surface area contributed by atoms with Crippen LogP contribution in [-0.4, -0.2) is 38.7 Å². The topological polar surface area (TPSA) is 58.4 Å². The highest BCUT2D eigenvalue weighted by molar-refractivity contribution is 5.65. The SMILES string of the molecule is C[C@@H]1CN(C(=O)O)CC[C@@H]1c1cncn1-c1ccc(F)cc1. The number of amides is 1. The van der Waals surface area contributed by atoms with Gasteiger partial charge in [0.1, 0.15) is 5.82 Å². The Morgan fingerprint density at radius 1 is 1.36 bits per heavy atom. The van der Waals surface area contributed by atoms with E-state index in [4.69, 9.17) is 5.11 Å². The number of carbonyl (C=O) groups is 1. The van der Waals surface area contributed by atoms with Gasteiger partial charge in [-0.15, -0.1) is 0 Å². The molecule has 1 N–H and O–H groups in total. The first kappa shape index (κ1) is 14.6. The zero-order chi connectivity index (χ0) is 15.7. The maximum Gasteiger partial charge on any atom is 0.407 e. The second-order valence-corrected chi connectivity index (χ2v) is 5.77. The lowest BCUT2D eigenvalue weighted by Crippen LogP contribution is -2.41. The molecule has 2 aromatic rings. The number of rotatable bonds is 2. The lowest BCUT2D eigenvalue weighted by Gasteiger charge is -2.35. The van der Waals surface area contributed by atoms with E-state index in [1.54, 1.807) is 18.5 Å². The summed E-state index contributed by atoms with van der Waals surface area (Å²) in [6, 6.07) is 6.29. The summed E-state index contributed by atoms with van der Waals surface area (Å²) in [4.78, 5) is 16.8. The molecule has 1 fully saturated rings. The molecule has 1 amide bonds. The van der Waals surface area contributed by atoms with Crippen LogP contribution in [0.2, 0.25) is 0 Å². The third-order valence-corrected chi connectivity index (χ3v) is 4.33. The molecule has 0 aliphatic carbocycles. The van der Waals surface area contributed by atoms with Gasteiger partial charge in [-0.3, -0.25) is 0 Å². The minimum atomic E-state index is -0.864. The maximum absolute atomic E-state index is 13.1. The van der Waals surface area contributed by atoms with E-state index in [0.29, 0.717) is 13.1 Å². The summed E-state index contributed by atoms with van der Waals surface area (Å²) in [5, 5.41) is 9.10. The highest BCUT2D eigenvalue weighted by Crippen LogP contribution is 2.33. The van der Waals surface area contributed by atoms with Crippen molar-refractivity contribution in [1.82, 2.24) is 14.5 Å². The maximum atomic E-state index is 13.1. The summed E-state index contributed by atoms with van der Waals surface area (Å²) in [5.41, 5.74) is 1.91. The van der Waals surface area contributed by atoms with Gasteiger partial charge in [0.15, 0.2) is 0 Å². The molecule has 116 valence electrons. The number of imidazole rings is 1. The summed E-state index contributed by atoms with van der Waals surface area (Å²) in [6.45, 7) is 3.11. The van der Waals surface area contributed by atoms with Gasteiger partial charge in [0.25, 0.3) is 0 Å². The number of benzene rings is 1. The van der Waals surface area contributed by atoms with Crippen molar-refractivity contribution in [2.45, 2.75) is 19.3 Å². The fourth-order valence-corrected chi connectivity index (χ4v) is 3.16. The molecule has 2 heterocycles. The number of hydrogen-bond donors (Lipinski definition) is 1. The molecular formula is C16H18FN3O2. The number of halogens is 1. The Morgan fingerprint density at radius 3 is 2.73 bits per heavy atom. The Kier molecular flexibility index (Phi) is 3.83. The molecule has 6 heteroatoms. The van der Waals surface area contributed by atoms with Gasteiger partial charge in [0.05, 0.1) is 6.33 Å². The van der Waals surface area contributed by atoms with Crippen molar-refractivity contribution in [3.05, 3.63) is 48.3 Å². The van der Waals surface area contributed by atoms with Gasteiger partial charge in [-0.1, -0.05) is 6.92 Å². The van der Waals surface area contributed by atoms with Crippen LogP contribution in [0.5, 0.6) is 0 Å². The quantitative estimate of drug-likeness (QED) is 0.927. The monoisotopic (exact) mass is 303 g/mol. The Bertz CT molecular complexity index is 668. The van der Waals surface area contributed by atoms with Crippen LogP contribution in [0, 0.1) is 11.7 Å². The number of hydrogen-bond acceptors (Lipinski definition) is 2. The van der Waals surface area contributed by atoms with Gasteiger partial charge in [-0.2, -0.15) is 0 Å². The lowest BCUT2D eigenvalue weighted by atomic mass is 9.84. The van der Waals surface area contributed by atoms with E-state index in [1.165, 1.54) is 17.0 Å². The molecule has 1 aromatic heterocycles. The smallest absolute Gasteiger partial charge is 0.407 e. The lowest BCUT2D eigenvalue weighted by molar-refractivity contribution is 0.115. The predicted molar refractivity (Wildman–Crippen MR) is 79.6 cm³/mol. The van der Waals surface area contributed by atoms with E-state index in [1.807, 2.05) is 10.8 Å². The molecule has 0 spiro atoms. The van der Waals surface area contributed by atoms with Crippen LogP contribution < -0.4 is 0 Å². The number of likely N-dealkylation sites (tertiary alicyclic amines) is 1. The van der Waals surface area contributed by atoms with Crippen LogP contribution in [0.3, 0.4) is 0 Å². The summed E-state index contributed by atoms with van der Waals surface area (Å²) in [6.07, 6.45) is 3.44. The average molecular weight is 303 g/mol. The van der Waals surface area contributed by atoms with Crippen LogP contribution in [-0.2, 0) is 0 Å². The van der Waals surface area contributed by atoms with Crippen LogP contribution in [0.4, 0.5) is 9.18 Å². The zero-order valence-electron chi connectivity index (χ0n) is 12.3. The summed E-state index contributed by atoms with van der Waals surface area (Å²) >= 11 is 0. The van der Waals surface area contributed by atoms with Gasteiger partial charge in [-0.05, 0) is 36.6 Å². The first-order valence-electron chi connectivity index (χ1n) is 7.32. The Morgan fingerprint density at radius 2 is 2.09 bits per heavy atom. The molecule has 22 heavy (non-hydrogen) atoms. The second-order valence-electron chi connectivity index (χ2n) is 5.77. The number of carboxylic acid groups (broad SMARTS) is 1. The third-order valence-electron chi connectivity index (χ3n) is 4.33. The summed E-state index contributed by atoms with van der Waals surface area (Å²) in [5.74, 6) is 0.178. The van der Waals surface area contributed by atoms with Crippen LogP contribution in [0.15, 0.2) is 36.8 Å². The van der Waals surface area contributed by atoms with E-state index in [9.17, 15) is 9.18 Å². The van der Waals surface area contributed by atoms with E-state index in [-0.39, 0.29) is 17.7 Å². The van der Waals surface area contributed by atoms with Crippen molar-refractivity contribution >= 4 is 6.09 Å². The molecule has 1 aliphatic heterocycles. The summed E-state index contributed by atoms with van der Waals surface area (Å²) in [7, 11) is 0. The second kappa shape index (κ2) is 5.79. The molecule has 3 rings (SSSR count). The molecule has 0 saturated carbocycles. The van der Waals surface area contributed by atoms with Crippen molar-refractivity contribution < 1.29 is 14.3 Å². The van der Waals surface area contributed by atoms with Gasteiger partial charge in [-0.25, -0.2) is 14.2 Å². The van der Waals surface area contributed by atoms with Crippen LogP contribution >= 0.6 is 0 Å². The first-order chi connectivity index (χ1) is 10.6. The van der Waals surface area contributed by atoms with Gasteiger partial charge < -0.3 is 14.6 Å². The van der Waals surface area contributed by atoms with Crippen molar-refractivity contribution in [3.63, 3.8) is 0 Å². The molecule has 1 saturated heterocycles. The van der Waals surface area contributed by atoms with E-state index in [2.05, 4.69) is 11.9 Å². The van der Waals surface area contributed by atoms with E-state index >= 15 is 0 Å². The molecule has 1 aromatic carbocycles. The third kappa shape index (κ3) is 2.68. The normalized spacial score (nSPS) is 21.8. The Labute approximate surface area is 128 Å². The Balaban J connectivity index is 1.86. The standard InChI is InChI=1S/C16H18FN3O2/c1-11-9-19(16(21)22)7-6-14(11)15-8-18-10-20(15)13-4-2-12(17)3-5-13/h2-5,8,10-11,14H,6-7,9H2,1H3,(H,21,22)/t11-,14+/m1/s1. The zero-order valence-corrected chi connectivity index (χ0v) is 12.3. The Hall–Kier alpha value is -2.37. The highest BCUT2D eigenvalue weighted by atomic mass is 19.1. The van der Waals surface area contributed by atoms with Gasteiger partial charge >= 0.3 is 6.09 Å². The average Bonchev–Trinajstić information content (AvgIpc) is 2.97. The largest absolute Gasteiger partial charge is 0.465 e.